The summed E-state index contributed by atoms with van der Waals surface area (Å²) >= 11 is 17.2. The van der Waals surface area contributed by atoms with E-state index in [1.165, 1.54) is 15.3 Å². The molecule has 0 radical (unpaired) electrons. The lowest BCUT2D eigenvalue weighted by atomic mass is 10.1. The van der Waals surface area contributed by atoms with Gasteiger partial charge in [0.15, 0.2) is 10.9 Å². The van der Waals surface area contributed by atoms with Gasteiger partial charge in [-0.15, -0.1) is 0 Å². The maximum atomic E-state index is 12.5. The zero-order valence-corrected chi connectivity index (χ0v) is 25.0. The van der Waals surface area contributed by atoms with Gasteiger partial charge >= 0.3 is 0 Å². The summed E-state index contributed by atoms with van der Waals surface area (Å²) in [5, 5.41) is 3.84. The number of nitrogens with one attached hydrogen (secondary N) is 1. The van der Waals surface area contributed by atoms with E-state index in [2.05, 4.69) is 64.8 Å². The van der Waals surface area contributed by atoms with Crippen LogP contribution in [0.3, 0.4) is 0 Å². The molecule has 0 atom stereocenters. The number of halogens is 4. The van der Waals surface area contributed by atoms with Crippen molar-refractivity contribution in [2.45, 2.75) is 20.5 Å². The minimum absolute atomic E-state index is 0.194. The molecule has 0 aliphatic carbocycles. The molecule has 4 nitrogen and oxygen atoms in total. The molecule has 1 heterocycles. The summed E-state index contributed by atoms with van der Waals surface area (Å²) < 4.78 is 8.89. The minimum Gasteiger partial charge on any atom is -0.486 e. The van der Waals surface area contributed by atoms with Crippen molar-refractivity contribution in [3.05, 3.63) is 93.2 Å². The molecule has 0 saturated carbocycles. The molecule has 1 amide bonds. The van der Waals surface area contributed by atoms with Crippen molar-refractivity contribution in [2.24, 2.45) is 4.99 Å². The van der Waals surface area contributed by atoms with Gasteiger partial charge in [0, 0.05) is 8.04 Å². The molecule has 0 aromatic heterocycles. The predicted molar refractivity (Wildman–Crippen MR) is 157 cm³/mol. The lowest BCUT2D eigenvalue weighted by Crippen LogP contribution is -2.19. The molecule has 0 unspecified atom stereocenters. The Morgan fingerprint density at radius 1 is 1.12 bits per heavy atom. The lowest BCUT2D eigenvalue weighted by molar-refractivity contribution is -0.115. The van der Waals surface area contributed by atoms with Crippen molar-refractivity contribution >= 4 is 101 Å². The number of carbonyl (C=O) groups is 1. The van der Waals surface area contributed by atoms with Crippen molar-refractivity contribution in [1.29, 1.82) is 0 Å². The normalized spacial score (nSPS) is 15.8. The molecule has 1 fully saturated rings. The second kappa shape index (κ2) is 11.2. The highest BCUT2D eigenvalue weighted by Gasteiger charge is 2.24. The van der Waals surface area contributed by atoms with E-state index in [1.54, 1.807) is 12.1 Å². The van der Waals surface area contributed by atoms with Gasteiger partial charge in [-0.25, -0.2) is 4.99 Å². The third kappa shape index (κ3) is 6.26. The number of hydrogen-bond acceptors (Lipinski definition) is 4. The van der Waals surface area contributed by atoms with Gasteiger partial charge in [0.1, 0.15) is 6.61 Å². The maximum absolute atomic E-state index is 12.5. The Morgan fingerprint density at radius 2 is 1.79 bits per heavy atom. The second-order valence-electron chi connectivity index (χ2n) is 7.60. The fourth-order valence-electron chi connectivity index (χ4n) is 3.27. The highest BCUT2D eigenvalue weighted by atomic mass is 127. The number of nitrogens with zero attached hydrogens (tertiary/aromatic N) is 1. The summed E-state index contributed by atoms with van der Waals surface area (Å²) in [6.45, 7) is 4.44. The Kier molecular flexibility index (Phi) is 8.45. The van der Waals surface area contributed by atoms with Crippen LogP contribution in [0, 0.1) is 17.4 Å². The number of thioether (sulfide) groups is 1. The van der Waals surface area contributed by atoms with Crippen molar-refractivity contribution in [2.75, 3.05) is 0 Å². The number of benzene rings is 3. The van der Waals surface area contributed by atoms with E-state index in [4.69, 9.17) is 16.3 Å². The molecular weight excluding hydrogens is 715 g/mol. The number of rotatable bonds is 5. The Balaban J connectivity index is 1.51. The molecule has 1 aliphatic heterocycles. The van der Waals surface area contributed by atoms with Crippen LogP contribution >= 0.6 is 77.8 Å². The van der Waals surface area contributed by atoms with Gasteiger partial charge in [-0.2, -0.15) is 0 Å². The Morgan fingerprint density at radius 3 is 2.44 bits per heavy atom. The third-order valence-electron chi connectivity index (χ3n) is 4.92. The number of amidine groups is 1. The van der Waals surface area contributed by atoms with Gasteiger partial charge < -0.3 is 10.1 Å². The molecule has 1 saturated heterocycles. The zero-order valence-electron chi connectivity index (χ0n) is 18.1. The second-order valence-corrected chi connectivity index (χ2v) is 11.9. The van der Waals surface area contributed by atoms with E-state index in [-0.39, 0.29) is 5.91 Å². The molecule has 34 heavy (non-hydrogen) atoms. The number of carbonyl (C=O) groups excluding carboxylic acids is 1. The van der Waals surface area contributed by atoms with E-state index in [0.29, 0.717) is 27.5 Å². The number of ether oxygens (including phenoxy) is 1. The first-order chi connectivity index (χ1) is 16.2. The highest BCUT2D eigenvalue weighted by molar-refractivity contribution is 14.1. The van der Waals surface area contributed by atoms with Crippen molar-refractivity contribution in [3.8, 4) is 5.75 Å². The van der Waals surface area contributed by atoms with Crippen LogP contribution in [0.25, 0.3) is 6.08 Å². The summed E-state index contributed by atoms with van der Waals surface area (Å²) in [6.07, 6.45) is 1.79. The molecule has 1 N–H and O–H groups in total. The third-order valence-corrected chi connectivity index (χ3v) is 8.67. The molecular formula is C25H18Br2ClIN2O2S. The molecule has 0 spiro atoms. The predicted octanol–water partition coefficient (Wildman–Crippen LogP) is 8.56. The fraction of sp³-hybridized carbons (Fsp3) is 0.120. The topological polar surface area (TPSA) is 50.7 Å². The Hall–Kier alpha value is -1.33. The standard InChI is InChI=1S/C25H18Br2ClIN2O2S/c1-13-7-18(8-14(2)22(13)27)30-25-31-24(32)21(34-25)11-16-9-19(26)23(20(28)10-16)33-12-15-3-5-17(29)6-4-15/h3-11H,12H2,1-2H3,(H,30,31,32)/b21-11-. The number of aryl methyl sites for hydroxylation is 2. The van der Waals surface area contributed by atoms with Crippen LogP contribution in [0.5, 0.6) is 5.75 Å². The van der Waals surface area contributed by atoms with E-state index in [1.807, 2.05) is 56.3 Å². The molecule has 3 aromatic carbocycles. The van der Waals surface area contributed by atoms with Crippen molar-refractivity contribution in [3.63, 3.8) is 0 Å². The molecule has 0 bridgehead atoms. The van der Waals surface area contributed by atoms with Crippen LogP contribution in [0.2, 0.25) is 5.02 Å². The minimum atomic E-state index is -0.194. The van der Waals surface area contributed by atoms with Crippen LogP contribution < -0.4 is 10.1 Å². The number of hydrogen-bond donors (Lipinski definition) is 1. The fourth-order valence-corrected chi connectivity index (χ4v) is 5.69. The average Bonchev–Trinajstić information content (AvgIpc) is 3.11. The zero-order chi connectivity index (χ0) is 24.4. The smallest absolute Gasteiger partial charge is 0.264 e. The summed E-state index contributed by atoms with van der Waals surface area (Å²) in [5.74, 6) is 0.370. The summed E-state index contributed by atoms with van der Waals surface area (Å²) in [5.41, 5.74) is 4.81. The van der Waals surface area contributed by atoms with Gasteiger partial charge in [0.2, 0.25) is 0 Å². The lowest BCUT2D eigenvalue weighted by Gasteiger charge is -2.11. The summed E-state index contributed by atoms with van der Waals surface area (Å²) in [7, 11) is 0. The van der Waals surface area contributed by atoms with E-state index < -0.39 is 0 Å². The highest BCUT2D eigenvalue weighted by Crippen LogP contribution is 2.37. The first-order valence-corrected chi connectivity index (χ1v) is 14.0. The average molecular weight is 733 g/mol. The monoisotopic (exact) mass is 730 g/mol. The van der Waals surface area contributed by atoms with E-state index in [9.17, 15) is 4.79 Å². The van der Waals surface area contributed by atoms with Crippen LogP contribution in [0.1, 0.15) is 22.3 Å². The SMILES string of the molecule is Cc1cc(N=C2NC(=O)/C(=C/c3cc(Cl)c(OCc4ccc(I)cc4)c(Br)c3)S2)cc(C)c1Br. The number of aliphatic imine (C=N–C) groups is 1. The van der Waals surface area contributed by atoms with E-state index >= 15 is 0 Å². The summed E-state index contributed by atoms with van der Waals surface area (Å²) in [6, 6.07) is 15.7. The van der Waals surface area contributed by atoms with Gasteiger partial charge in [-0.05, 0) is 129 Å². The van der Waals surface area contributed by atoms with Crippen LogP contribution in [0.15, 0.2) is 67.4 Å². The largest absolute Gasteiger partial charge is 0.486 e. The van der Waals surface area contributed by atoms with Crippen molar-refractivity contribution in [1.82, 2.24) is 5.32 Å². The maximum Gasteiger partial charge on any atom is 0.264 e. The van der Waals surface area contributed by atoms with Crippen molar-refractivity contribution < 1.29 is 9.53 Å². The molecule has 4 rings (SSSR count). The Bertz CT molecular complexity index is 1300. The number of amides is 1. The van der Waals surface area contributed by atoms with Crippen LogP contribution in [0.4, 0.5) is 5.69 Å². The van der Waals surface area contributed by atoms with E-state index in [0.717, 1.165) is 36.9 Å². The van der Waals surface area contributed by atoms with Gasteiger partial charge in [0.05, 0.1) is 20.1 Å². The first-order valence-electron chi connectivity index (χ1n) is 10.1. The van der Waals surface area contributed by atoms with Gasteiger partial charge in [-0.1, -0.05) is 39.7 Å². The van der Waals surface area contributed by atoms with Gasteiger partial charge in [-0.3, -0.25) is 4.79 Å². The molecule has 3 aromatic rings. The Labute approximate surface area is 238 Å². The van der Waals surface area contributed by atoms with Crippen LogP contribution in [-0.2, 0) is 11.4 Å². The first kappa shape index (κ1) is 25.8. The summed E-state index contributed by atoms with van der Waals surface area (Å²) in [4.78, 5) is 17.7. The molecule has 9 heteroatoms. The van der Waals surface area contributed by atoms with Crippen LogP contribution in [-0.4, -0.2) is 11.1 Å². The van der Waals surface area contributed by atoms with Gasteiger partial charge in [0.25, 0.3) is 5.91 Å². The molecule has 174 valence electrons. The quantitative estimate of drug-likeness (QED) is 0.211. The molecule has 1 aliphatic rings.